The van der Waals surface area contributed by atoms with Crippen LogP contribution in [0.5, 0.6) is 5.75 Å². The summed E-state index contributed by atoms with van der Waals surface area (Å²) < 4.78 is 13.3. The summed E-state index contributed by atoms with van der Waals surface area (Å²) in [5.74, 6) is 0.809. The molecule has 0 aliphatic heterocycles. The van der Waals surface area contributed by atoms with Gasteiger partial charge in [0.05, 0.1) is 23.8 Å². The van der Waals surface area contributed by atoms with Gasteiger partial charge >= 0.3 is 5.97 Å². The first-order valence-corrected chi connectivity index (χ1v) is 9.54. The van der Waals surface area contributed by atoms with Crippen molar-refractivity contribution < 1.29 is 19.4 Å². The van der Waals surface area contributed by atoms with E-state index < -0.39 is 18.2 Å². The van der Waals surface area contributed by atoms with Crippen molar-refractivity contribution in [2.45, 2.75) is 32.5 Å². The number of aliphatic hydroxyl groups excluding tert-OH is 1. The van der Waals surface area contributed by atoms with E-state index in [4.69, 9.17) is 21.1 Å². The first-order chi connectivity index (χ1) is 13.4. The summed E-state index contributed by atoms with van der Waals surface area (Å²) in [6, 6.07) is 8.88. The second kappa shape index (κ2) is 7.11. The van der Waals surface area contributed by atoms with E-state index >= 15 is 0 Å². The van der Waals surface area contributed by atoms with Gasteiger partial charge < -0.3 is 19.1 Å². The highest BCUT2D eigenvalue weighted by Gasteiger charge is 2.34. The largest absolute Gasteiger partial charge is 0.481 e. The van der Waals surface area contributed by atoms with Crippen molar-refractivity contribution >= 4 is 28.6 Å². The monoisotopic (exact) mass is 400 g/mol. The number of carbonyl (C=O) groups is 1. The van der Waals surface area contributed by atoms with Crippen molar-refractivity contribution in [1.82, 2.24) is 9.55 Å². The summed E-state index contributed by atoms with van der Waals surface area (Å²) in [7, 11) is 1.88. The summed E-state index contributed by atoms with van der Waals surface area (Å²) in [6.07, 6.45) is -0.808. The zero-order valence-corrected chi connectivity index (χ0v) is 16.7. The number of aliphatic hydroxyl groups is 1. The Morgan fingerprint density at radius 1 is 1.36 bits per heavy atom. The maximum Gasteiger partial charge on any atom is 0.338 e. The second-order valence-corrected chi connectivity index (χ2v) is 7.37. The maximum atomic E-state index is 12.3. The van der Waals surface area contributed by atoms with Gasteiger partial charge in [-0.1, -0.05) is 17.7 Å². The van der Waals surface area contributed by atoms with E-state index in [0.29, 0.717) is 28.3 Å². The summed E-state index contributed by atoms with van der Waals surface area (Å²) in [6.45, 7) is 3.93. The van der Waals surface area contributed by atoms with E-state index in [1.165, 1.54) is 0 Å². The number of fused-ring (bicyclic) bond motifs is 2. The molecule has 1 N–H and O–H groups in total. The number of aromatic nitrogens is 2. The van der Waals surface area contributed by atoms with Gasteiger partial charge in [-0.2, -0.15) is 0 Å². The SMILES string of the molecule is CCOC(=O)c1cc(O[C@@H]2c3ccc(Cl)cc3C[C@H]2O)c2nc(C)n(C)c2c1. The molecule has 2 atom stereocenters. The Labute approximate surface area is 167 Å². The van der Waals surface area contributed by atoms with Crippen LogP contribution in [0.2, 0.25) is 5.02 Å². The number of ether oxygens (including phenoxy) is 2. The zero-order valence-electron chi connectivity index (χ0n) is 15.9. The number of benzene rings is 2. The fourth-order valence-corrected chi connectivity index (χ4v) is 3.84. The molecule has 7 heteroatoms. The highest BCUT2D eigenvalue weighted by Crippen LogP contribution is 2.39. The number of hydrogen-bond donors (Lipinski definition) is 1. The van der Waals surface area contributed by atoms with Crippen molar-refractivity contribution in [3.05, 3.63) is 57.9 Å². The van der Waals surface area contributed by atoms with Crippen LogP contribution in [0.1, 0.15) is 40.3 Å². The van der Waals surface area contributed by atoms with Crippen LogP contribution in [-0.2, 0) is 18.2 Å². The van der Waals surface area contributed by atoms with Crippen molar-refractivity contribution in [3.8, 4) is 5.75 Å². The number of imidazole rings is 1. The molecule has 0 saturated carbocycles. The molecule has 0 spiro atoms. The molecule has 6 nitrogen and oxygen atoms in total. The van der Waals surface area contributed by atoms with Crippen LogP contribution >= 0.6 is 11.6 Å². The lowest BCUT2D eigenvalue weighted by molar-refractivity contribution is 0.0493. The van der Waals surface area contributed by atoms with Crippen LogP contribution in [0.3, 0.4) is 0 Å². The molecule has 0 unspecified atom stereocenters. The molecule has 0 saturated heterocycles. The van der Waals surface area contributed by atoms with Gasteiger partial charge in [0, 0.05) is 18.5 Å². The molecule has 1 aliphatic rings. The fraction of sp³-hybridized carbons (Fsp3) is 0.333. The van der Waals surface area contributed by atoms with Crippen molar-refractivity contribution in [3.63, 3.8) is 0 Å². The fourth-order valence-electron chi connectivity index (χ4n) is 3.64. The lowest BCUT2D eigenvalue weighted by atomic mass is 10.1. The molecule has 0 amide bonds. The molecular formula is C21H21ClN2O4. The van der Waals surface area contributed by atoms with Crippen molar-refractivity contribution in [2.75, 3.05) is 6.61 Å². The van der Waals surface area contributed by atoms with Gasteiger partial charge in [-0.15, -0.1) is 0 Å². The van der Waals surface area contributed by atoms with E-state index in [1.807, 2.05) is 30.7 Å². The smallest absolute Gasteiger partial charge is 0.338 e. The van der Waals surface area contributed by atoms with Gasteiger partial charge in [0.15, 0.2) is 6.10 Å². The maximum absolute atomic E-state index is 12.3. The number of rotatable bonds is 4. The molecule has 146 valence electrons. The Balaban J connectivity index is 1.80. The summed E-state index contributed by atoms with van der Waals surface area (Å²) in [5.41, 5.74) is 3.64. The highest BCUT2D eigenvalue weighted by atomic mass is 35.5. The third-order valence-electron chi connectivity index (χ3n) is 5.13. The molecule has 28 heavy (non-hydrogen) atoms. The lowest BCUT2D eigenvalue weighted by Gasteiger charge is -2.19. The van der Waals surface area contributed by atoms with Crippen molar-refractivity contribution in [2.24, 2.45) is 7.05 Å². The van der Waals surface area contributed by atoms with Gasteiger partial charge in [-0.3, -0.25) is 0 Å². The Morgan fingerprint density at radius 2 is 2.14 bits per heavy atom. The second-order valence-electron chi connectivity index (χ2n) is 6.93. The molecule has 1 aliphatic carbocycles. The summed E-state index contributed by atoms with van der Waals surface area (Å²) >= 11 is 6.08. The minimum atomic E-state index is -0.709. The predicted octanol–water partition coefficient (Wildman–Crippen LogP) is 3.75. The average Bonchev–Trinajstić information content (AvgIpc) is 3.11. The van der Waals surface area contributed by atoms with Crippen LogP contribution in [0.25, 0.3) is 11.0 Å². The van der Waals surface area contributed by atoms with Gasteiger partial charge in [-0.25, -0.2) is 9.78 Å². The molecule has 0 radical (unpaired) electrons. The number of nitrogens with zero attached hydrogens (tertiary/aromatic N) is 2. The molecular weight excluding hydrogens is 380 g/mol. The number of esters is 1. The van der Waals surface area contributed by atoms with E-state index in [9.17, 15) is 9.90 Å². The number of hydrogen-bond acceptors (Lipinski definition) is 5. The zero-order chi connectivity index (χ0) is 20.0. The van der Waals surface area contributed by atoms with E-state index in [-0.39, 0.29) is 6.61 Å². The summed E-state index contributed by atoms with van der Waals surface area (Å²) in [5, 5.41) is 11.2. The van der Waals surface area contributed by atoms with Crippen LogP contribution < -0.4 is 4.74 Å². The molecule has 2 aromatic carbocycles. The molecule has 1 aromatic heterocycles. The quantitative estimate of drug-likeness (QED) is 0.675. The standard InChI is InChI=1S/C21H21ClN2O4/c1-4-27-21(26)13-8-16-19(23-11(2)24(16)3)18(10-13)28-20-15-6-5-14(22)7-12(15)9-17(20)25/h5-8,10,17,20,25H,4,9H2,1-3H3/t17-,20-/m1/s1. The van der Waals surface area contributed by atoms with Crippen LogP contribution in [-0.4, -0.2) is 33.3 Å². The first-order valence-electron chi connectivity index (χ1n) is 9.16. The van der Waals surface area contributed by atoms with Gasteiger partial charge in [0.2, 0.25) is 0 Å². The molecule has 1 heterocycles. The minimum Gasteiger partial charge on any atom is -0.481 e. The molecule has 0 bridgehead atoms. The van der Waals surface area contributed by atoms with Crippen LogP contribution in [0, 0.1) is 6.92 Å². The highest BCUT2D eigenvalue weighted by molar-refractivity contribution is 6.30. The van der Waals surface area contributed by atoms with Gasteiger partial charge in [0.1, 0.15) is 17.1 Å². The average molecular weight is 401 g/mol. The Morgan fingerprint density at radius 3 is 2.89 bits per heavy atom. The molecule has 0 fully saturated rings. The molecule has 3 aromatic rings. The topological polar surface area (TPSA) is 73.6 Å². The first kappa shape index (κ1) is 18.8. The van der Waals surface area contributed by atoms with Gasteiger partial charge in [0.25, 0.3) is 0 Å². The minimum absolute atomic E-state index is 0.285. The third kappa shape index (κ3) is 3.12. The van der Waals surface area contributed by atoms with E-state index in [2.05, 4.69) is 4.98 Å². The number of aryl methyl sites for hydroxylation is 2. The predicted molar refractivity (Wildman–Crippen MR) is 106 cm³/mol. The number of halogens is 1. The Bertz CT molecular complexity index is 1080. The Hall–Kier alpha value is -2.57. The van der Waals surface area contributed by atoms with Crippen LogP contribution in [0.15, 0.2) is 30.3 Å². The molecule has 4 rings (SSSR count). The summed E-state index contributed by atoms with van der Waals surface area (Å²) in [4.78, 5) is 16.9. The third-order valence-corrected chi connectivity index (χ3v) is 5.37. The van der Waals surface area contributed by atoms with Gasteiger partial charge in [-0.05, 0) is 49.2 Å². The van der Waals surface area contributed by atoms with Crippen LogP contribution in [0.4, 0.5) is 0 Å². The van der Waals surface area contributed by atoms with E-state index in [1.54, 1.807) is 25.1 Å². The Kier molecular flexibility index (Phi) is 4.77. The number of carbonyl (C=O) groups excluding carboxylic acids is 1. The van der Waals surface area contributed by atoms with E-state index in [0.717, 1.165) is 22.5 Å². The van der Waals surface area contributed by atoms with Crippen molar-refractivity contribution in [1.29, 1.82) is 0 Å². The normalized spacial score (nSPS) is 18.3. The lowest BCUT2D eigenvalue weighted by Crippen LogP contribution is -2.19.